The lowest BCUT2D eigenvalue weighted by Gasteiger charge is -2.16. The number of carbonyl (C=O) groups excluding carboxylic acids is 3. The molecule has 1 fully saturated rings. The van der Waals surface area contributed by atoms with Crippen LogP contribution in [-0.4, -0.2) is 30.9 Å². The molecule has 6 nitrogen and oxygen atoms in total. The maximum absolute atomic E-state index is 13.7. The van der Waals surface area contributed by atoms with Gasteiger partial charge in [-0.25, -0.2) is 4.39 Å². The Balaban J connectivity index is 1.53. The molecule has 0 bridgehead atoms. The van der Waals surface area contributed by atoms with Crippen molar-refractivity contribution in [2.45, 2.75) is 6.42 Å². The quantitative estimate of drug-likeness (QED) is 0.676. The third-order valence-corrected chi connectivity index (χ3v) is 4.89. The number of amides is 2. The van der Waals surface area contributed by atoms with Crippen LogP contribution in [0.1, 0.15) is 6.42 Å². The van der Waals surface area contributed by atoms with Gasteiger partial charge in [-0.3, -0.25) is 14.4 Å². The first-order chi connectivity index (χ1) is 13.3. The van der Waals surface area contributed by atoms with Crippen molar-refractivity contribution >= 4 is 56.7 Å². The molecule has 1 aliphatic rings. The molecule has 28 heavy (non-hydrogen) atoms. The number of nitrogens with zero attached hydrogens (tertiary/aromatic N) is 1. The maximum atomic E-state index is 13.7. The fraction of sp³-hybridized carbons (Fsp3) is 0.211. The van der Waals surface area contributed by atoms with Crippen LogP contribution in [0.2, 0.25) is 5.02 Å². The fourth-order valence-electron chi connectivity index (χ4n) is 2.77. The van der Waals surface area contributed by atoms with E-state index in [2.05, 4.69) is 21.2 Å². The highest BCUT2D eigenvalue weighted by atomic mass is 79.9. The number of esters is 1. The maximum Gasteiger partial charge on any atom is 0.311 e. The van der Waals surface area contributed by atoms with Gasteiger partial charge in [-0.1, -0.05) is 27.5 Å². The summed E-state index contributed by atoms with van der Waals surface area (Å²) in [7, 11) is 0. The lowest BCUT2D eigenvalue weighted by Crippen LogP contribution is -2.28. The number of anilines is 2. The third-order valence-electron chi connectivity index (χ3n) is 4.15. The molecule has 1 atom stereocenters. The van der Waals surface area contributed by atoms with Gasteiger partial charge in [0.05, 0.1) is 11.6 Å². The smallest absolute Gasteiger partial charge is 0.311 e. The molecule has 0 spiro atoms. The van der Waals surface area contributed by atoms with Crippen molar-refractivity contribution in [3.8, 4) is 0 Å². The van der Waals surface area contributed by atoms with E-state index in [1.54, 1.807) is 30.3 Å². The second-order valence-electron chi connectivity index (χ2n) is 6.16. The van der Waals surface area contributed by atoms with Crippen LogP contribution in [0.5, 0.6) is 0 Å². The van der Waals surface area contributed by atoms with E-state index in [1.807, 2.05) is 0 Å². The Morgan fingerprint density at radius 1 is 1.25 bits per heavy atom. The summed E-state index contributed by atoms with van der Waals surface area (Å²) in [6.45, 7) is -0.414. The first-order valence-corrected chi connectivity index (χ1v) is 9.48. The number of hydrogen-bond acceptors (Lipinski definition) is 4. The van der Waals surface area contributed by atoms with Crippen molar-refractivity contribution in [1.29, 1.82) is 0 Å². The Kier molecular flexibility index (Phi) is 6.31. The Bertz CT molecular complexity index is 923. The first-order valence-electron chi connectivity index (χ1n) is 8.31. The van der Waals surface area contributed by atoms with Crippen LogP contribution in [0.25, 0.3) is 0 Å². The number of hydrogen-bond donors (Lipinski definition) is 1. The van der Waals surface area contributed by atoms with E-state index in [4.69, 9.17) is 16.3 Å². The molecule has 0 radical (unpaired) electrons. The van der Waals surface area contributed by atoms with Gasteiger partial charge in [0.25, 0.3) is 5.91 Å². The average molecular weight is 470 g/mol. The summed E-state index contributed by atoms with van der Waals surface area (Å²) in [5, 5.41) is 2.87. The molecule has 9 heteroatoms. The second kappa shape index (κ2) is 8.70. The second-order valence-corrected chi connectivity index (χ2v) is 7.51. The molecule has 0 saturated carbocycles. The van der Waals surface area contributed by atoms with Gasteiger partial charge in [-0.15, -0.1) is 0 Å². The minimum absolute atomic E-state index is 0.00950. The molecular formula is C19H15BrClFN2O4. The molecule has 0 aliphatic carbocycles. The van der Waals surface area contributed by atoms with E-state index < -0.39 is 30.2 Å². The topological polar surface area (TPSA) is 75.7 Å². The standard InChI is InChI=1S/C19H15BrClFN2O4/c20-12-1-6-16(15(22)8-12)23-17(25)10-28-19(27)11-7-18(26)24(9-11)14-4-2-13(21)3-5-14/h1-6,8,11H,7,9-10H2,(H,23,25). The minimum atomic E-state index is -0.680. The number of carbonyl (C=O) groups is 3. The fourth-order valence-corrected chi connectivity index (χ4v) is 3.23. The van der Waals surface area contributed by atoms with Gasteiger partial charge >= 0.3 is 5.97 Å². The van der Waals surface area contributed by atoms with Crippen molar-refractivity contribution in [3.63, 3.8) is 0 Å². The molecule has 1 saturated heterocycles. The highest BCUT2D eigenvalue weighted by molar-refractivity contribution is 9.10. The van der Waals surface area contributed by atoms with Crippen LogP contribution >= 0.6 is 27.5 Å². The van der Waals surface area contributed by atoms with Gasteiger partial charge in [0, 0.05) is 28.1 Å². The Morgan fingerprint density at radius 2 is 1.96 bits per heavy atom. The lowest BCUT2D eigenvalue weighted by atomic mass is 10.1. The monoisotopic (exact) mass is 468 g/mol. The summed E-state index contributed by atoms with van der Waals surface area (Å²) in [5.74, 6) is -2.84. The van der Waals surface area contributed by atoms with E-state index in [0.29, 0.717) is 15.2 Å². The number of benzene rings is 2. The van der Waals surface area contributed by atoms with E-state index >= 15 is 0 Å². The van der Waals surface area contributed by atoms with Gasteiger partial charge in [0.1, 0.15) is 5.82 Å². The summed E-state index contributed by atoms with van der Waals surface area (Å²) in [4.78, 5) is 37.8. The summed E-state index contributed by atoms with van der Waals surface area (Å²) in [5.41, 5.74) is 0.613. The van der Waals surface area contributed by atoms with Crippen molar-refractivity contribution in [3.05, 3.63) is 57.8 Å². The molecule has 1 unspecified atom stereocenters. The van der Waals surface area contributed by atoms with Gasteiger partial charge in [0.2, 0.25) is 5.91 Å². The molecular weight excluding hydrogens is 455 g/mol. The minimum Gasteiger partial charge on any atom is -0.455 e. The highest BCUT2D eigenvalue weighted by Crippen LogP contribution is 2.27. The predicted molar refractivity (Wildman–Crippen MR) is 106 cm³/mol. The summed E-state index contributed by atoms with van der Waals surface area (Å²) in [6.07, 6.45) is -0.00950. The Morgan fingerprint density at radius 3 is 2.64 bits per heavy atom. The molecule has 1 N–H and O–H groups in total. The molecule has 2 amide bonds. The van der Waals surface area contributed by atoms with Gasteiger partial charge < -0.3 is 15.0 Å². The molecule has 1 aliphatic heterocycles. The van der Waals surface area contributed by atoms with Gasteiger partial charge in [-0.2, -0.15) is 0 Å². The lowest BCUT2D eigenvalue weighted by molar-refractivity contribution is -0.151. The number of halogens is 3. The zero-order valence-corrected chi connectivity index (χ0v) is 16.8. The van der Waals surface area contributed by atoms with Crippen LogP contribution in [0.15, 0.2) is 46.9 Å². The summed E-state index contributed by atoms with van der Waals surface area (Å²) >= 11 is 8.96. The largest absolute Gasteiger partial charge is 0.455 e. The average Bonchev–Trinajstić information content (AvgIpc) is 3.04. The zero-order valence-electron chi connectivity index (χ0n) is 14.5. The Hall–Kier alpha value is -2.45. The summed E-state index contributed by atoms with van der Waals surface area (Å²) < 4.78 is 19.2. The van der Waals surface area contributed by atoms with Crippen molar-refractivity contribution < 1.29 is 23.5 Å². The molecule has 146 valence electrons. The van der Waals surface area contributed by atoms with Crippen LogP contribution in [0.3, 0.4) is 0 Å². The van der Waals surface area contributed by atoms with Crippen LogP contribution in [0.4, 0.5) is 15.8 Å². The van der Waals surface area contributed by atoms with Crippen molar-refractivity contribution in [2.24, 2.45) is 5.92 Å². The van der Waals surface area contributed by atoms with Crippen LogP contribution < -0.4 is 10.2 Å². The van der Waals surface area contributed by atoms with Crippen LogP contribution in [0, 0.1) is 11.7 Å². The van der Waals surface area contributed by atoms with Gasteiger partial charge in [-0.05, 0) is 42.5 Å². The Labute approximate surface area is 173 Å². The predicted octanol–water partition coefficient (Wildman–Crippen LogP) is 3.78. The number of rotatable bonds is 5. The van der Waals surface area contributed by atoms with E-state index in [-0.39, 0.29) is 24.6 Å². The summed E-state index contributed by atoms with van der Waals surface area (Å²) in [6, 6.07) is 10.8. The van der Waals surface area contributed by atoms with E-state index in [9.17, 15) is 18.8 Å². The molecule has 1 heterocycles. The molecule has 2 aromatic rings. The normalized spacial score (nSPS) is 16.2. The van der Waals surface area contributed by atoms with Crippen molar-refractivity contribution in [2.75, 3.05) is 23.4 Å². The SMILES string of the molecule is O=C(COC(=O)C1CC(=O)N(c2ccc(Cl)cc2)C1)Nc1ccc(Br)cc1F. The van der Waals surface area contributed by atoms with Crippen molar-refractivity contribution in [1.82, 2.24) is 0 Å². The highest BCUT2D eigenvalue weighted by Gasteiger charge is 2.36. The molecule has 2 aromatic carbocycles. The van der Waals surface area contributed by atoms with E-state index in [1.165, 1.54) is 17.0 Å². The first kappa shape index (κ1) is 20.3. The van der Waals surface area contributed by atoms with Crippen LogP contribution in [-0.2, 0) is 19.1 Å². The third kappa shape index (κ3) is 4.88. The molecule has 3 rings (SSSR count). The molecule has 0 aromatic heterocycles. The zero-order chi connectivity index (χ0) is 20.3. The number of ether oxygens (including phenoxy) is 1. The van der Waals surface area contributed by atoms with Gasteiger partial charge in [0.15, 0.2) is 6.61 Å². The van der Waals surface area contributed by atoms with E-state index in [0.717, 1.165) is 0 Å². The number of nitrogens with one attached hydrogen (secondary N) is 1.